The van der Waals surface area contributed by atoms with Gasteiger partial charge in [0.15, 0.2) is 17.5 Å². The van der Waals surface area contributed by atoms with Crippen LogP contribution in [0, 0.1) is 0 Å². The van der Waals surface area contributed by atoms with E-state index in [0.717, 1.165) is 17.0 Å². The number of aliphatic imine (C=N–C) groups is 1. The van der Waals surface area contributed by atoms with Crippen molar-refractivity contribution in [2.24, 2.45) is 4.99 Å². The van der Waals surface area contributed by atoms with Crippen molar-refractivity contribution >= 4 is 11.6 Å². The van der Waals surface area contributed by atoms with E-state index in [1.54, 1.807) is 14.2 Å². The summed E-state index contributed by atoms with van der Waals surface area (Å²) in [5.74, 6) is 2.65. The molecule has 0 aromatic heterocycles. The fourth-order valence-corrected chi connectivity index (χ4v) is 2.57. The molecule has 152 valence electrons. The van der Waals surface area contributed by atoms with Gasteiger partial charge in [0, 0.05) is 18.3 Å². The lowest BCUT2D eigenvalue weighted by molar-refractivity contribution is 0.187. The van der Waals surface area contributed by atoms with E-state index in [1.165, 1.54) is 0 Å². The Morgan fingerprint density at radius 1 is 1.04 bits per heavy atom. The summed E-state index contributed by atoms with van der Waals surface area (Å²) < 4.78 is 16.1. The van der Waals surface area contributed by atoms with E-state index in [4.69, 9.17) is 14.2 Å². The first-order valence-electron chi connectivity index (χ1n) is 9.29. The zero-order valence-electron chi connectivity index (χ0n) is 16.9. The fourth-order valence-electron chi connectivity index (χ4n) is 2.57. The molecular weight excluding hydrogens is 358 g/mol. The minimum atomic E-state index is -0.712. The summed E-state index contributed by atoms with van der Waals surface area (Å²) in [6.07, 6.45) is -0.712. The third-order valence-electron chi connectivity index (χ3n) is 3.99. The average Bonchev–Trinajstić information content (AvgIpc) is 2.73. The van der Waals surface area contributed by atoms with Crippen molar-refractivity contribution in [3.05, 3.63) is 48.0 Å². The van der Waals surface area contributed by atoms with Crippen LogP contribution < -0.4 is 24.8 Å². The topological polar surface area (TPSA) is 84.3 Å². The number of guanidine groups is 1. The molecule has 0 aliphatic rings. The van der Waals surface area contributed by atoms with Crippen LogP contribution in [-0.4, -0.2) is 45.0 Å². The highest BCUT2D eigenvalue weighted by atomic mass is 16.5. The van der Waals surface area contributed by atoms with Gasteiger partial charge in [-0.3, -0.25) is 0 Å². The number of hydrogen-bond acceptors (Lipinski definition) is 5. The Morgan fingerprint density at radius 2 is 1.79 bits per heavy atom. The second kappa shape index (κ2) is 11.0. The quantitative estimate of drug-likeness (QED) is 0.453. The molecule has 0 fully saturated rings. The molecule has 7 heteroatoms. The molecule has 2 aromatic carbocycles. The molecule has 0 radical (unpaired) electrons. The SMILES string of the molecule is CCNC(=NCC(O)c1ccc(OC)cc1)Nc1ccc(OCC)c(OC)c1. The maximum atomic E-state index is 10.4. The van der Waals surface area contributed by atoms with Gasteiger partial charge in [0.25, 0.3) is 0 Å². The zero-order valence-corrected chi connectivity index (χ0v) is 16.9. The zero-order chi connectivity index (χ0) is 20.4. The van der Waals surface area contributed by atoms with Crippen molar-refractivity contribution in [1.29, 1.82) is 0 Å². The van der Waals surface area contributed by atoms with Crippen LogP contribution in [-0.2, 0) is 0 Å². The average molecular weight is 387 g/mol. The van der Waals surface area contributed by atoms with Gasteiger partial charge in [-0.1, -0.05) is 12.1 Å². The minimum absolute atomic E-state index is 0.218. The second-order valence-electron chi connectivity index (χ2n) is 5.93. The number of benzene rings is 2. The van der Waals surface area contributed by atoms with Gasteiger partial charge in [0.05, 0.1) is 33.5 Å². The molecule has 0 aliphatic heterocycles. The molecule has 0 spiro atoms. The third-order valence-corrected chi connectivity index (χ3v) is 3.99. The molecular formula is C21H29N3O4. The summed E-state index contributed by atoms with van der Waals surface area (Å²) >= 11 is 0. The molecule has 2 rings (SSSR count). The number of methoxy groups -OCH3 is 2. The lowest BCUT2D eigenvalue weighted by atomic mass is 10.1. The van der Waals surface area contributed by atoms with Gasteiger partial charge in [0.2, 0.25) is 0 Å². The molecule has 28 heavy (non-hydrogen) atoms. The molecule has 7 nitrogen and oxygen atoms in total. The highest BCUT2D eigenvalue weighted by Crippen LogP contribution is 2.30. The summed E-state index contributed by atoms with van der Waals surface area (Å²) in [5, 5.41) is 16.8. The van der Waals surface area contributed by atoms with Crippen molar-refractivity contribution in [3.8, 4) is 17.2 Å². The highest BCUT2D eigenvalue weighted by molar-refractivity contribution is 5.93. The third kappa shape index (κ3) is 6.06. The summed E-state index contributed by atoms with van der Waals surface area (Å²) in [6.45, 7) is 5.39. The van der Waals surface area contributed by atoms with Crippen LogP contribution >= 0.6 is 0 Å². The molecule has 0 heterocycles. The van der Waals surface area contributed by atoms with E-state index in [-0.39, 0.29) is 6.54 Å². The number of ether oxygens (including phenoxy) is 3. The standard InChI is InChI=1S/C21H29N3O4/c1-5-22-21(23-14-18(25)15-7-10-17(26-3)11-8-15)24-16-9-12-19(28-6-2)20(13-16)27-4/h7-13,18,25H,5-6,14H2,1-4H3,(H2,22,23,24). The Labute approximate surface area is 166 Å². The lowest BCUT2D eigenvalue weighted by Crippen LogP contribution is -2.31. The van der Waals surface area contributed by atoms with Crippen LogP contribution in [0.25, 0.3) is 0 Å². The number of aliphatic hydroxyl groups is 1. The summed E-state index contributed by atoms with van der Waals surface area (Å²) in [6, 6.07) is 12.9. The van der Waals surface area contributed by atoms with Crippen molar-refractivity contribution in [2.45, 2.75) is 20.0 Å². The van der Waals surface area contributed by atoms with Gasteiger partial charge < -0.3 is 30.0 Å². The lowest BCUT2D eigenvalue weighted by Gasteiger charge is -2.15. The number of nitrogens with zero attached hydrogens (tertiary/aromatic N) is 1. The van der Waals surface area contributed by atoms with Crippen molar-refractivity contribution in [2.75, 3.05) is 39.2 Å². The Balaban J connectivity index is 2.08. The predicted octanol–water partition coefficient (Wildman–Crippen LogP) is 3.21. The van der Waals surface area contributed by atoms with Crippen LogP contribution in [0.4, 0.5) is 5.69 Å². The molecule has 1 unspecified atom stereocenters. The first-order valence-corrected chi connectivity index (χ1v) is 9.29. The Hall–Kier alpha value is -2.93. The normalized spacial score (nSPS) is 12.2. The van der Waals surface area contributed by atoms with Crippen LogP contribution in [0.2, 0.25) is 0 Å². The maximum absolute atomic E-state index is 10.4. The largest absolute Gasteiger partial charge is 0.497 e. The van der Waals surface area contributed by atoms with E-state index in [0.29, 0.717) is 30.6 Å². The first-order chi connectivity index (χ1) is 13.6. The highest BCUT2D eigenvalue weighted by Gasteiger charge is 2.10. The van der Waals surface area contributed by atoms with E-state index in [9.17, 15) is 5.11 Å². The molecule has 1 atom stereocenters. The first kappa shape index (κ1) is 21.4. The maximum Gasteiger partial charge on any atom is 0.195 e. The number of aliphatic hydroxyl groups excluding tert-OH is 1. The Kier molecular flexibility index (Phi) is 8.42. The van der Waals surface area contributed by atoms with E-state index in [1.807, 2.05) is 56.3 Å². The number of rotatable bonds is 9. The van der Waals surface area contributed by atoms with Crippen molar-refractivity contribution in [3.63, 3.8) is 0 Å². The fraction of sp³-hybridized carbons (Fsp3) is 0.381. The molecule has 2 aromatic rings. The Bertz CT molecular complexity index is 763. The summed E-state index contributed by atoms with van der Waals surface area (Å²) in [7, 11) is 3.21. The minimum Gasteiger partial charge on any atom is -0.497 e. The van der Waals surface area contributed by atoms with Crippen LogP contribution in [0.1, 0.15) is 25.5 Å². The van der Waals surface area contributed by atoms with E-state index < -0.39 is 6.10 Å². The number of anilines is 1. The van der Waals surface area contributed by atoms with Gasteiger partial charge in [0.1, 0.15) is 5.75 Å². The molecule has 3 N–H and O–H groups in total. The van der Waals surface area contributed by atoms with Crippen molar-refractivity contribution in [1.82, 2.24) is 5.32 Å². The van der Waals surface area contributed by atoms with Gasteiger partial charge in [-0.25, -0.2) is 4.99 Å². The second-order valence-corrected chi connectivity index (χ2v) is 5.93. The van der Waals surface area contributed by atoms with Crippen molar-refractivity contribution < 1.29 is 19.3 Å². The number of hydrogen-bond donors (Lipinski definition) is 3. The molecule has 0 bridgehead atoms. The van der Waals surface area contributed by atoms with E-state index in [2.05, 4.69) is 15.6 Å². The van der Waals surface area contributed by atoms with Gasteiger partial charge in [-0.15, -0.1) is 0 Å². The molecule has 0 saturated carbocycles. The molecule has 0 amide bonds. The Morgan fingerprint density at radius 3 is 2.39 bits per heavy atom. The summed E-state index contributed by atoms with van der Waals surface area (Å²) in [4.78, 5) is 4.48. The van der Waals surface area contributed by atoms with Crippen LogP contribution in [0.3, 0.4) is 0 Å². The predicted molar refractivity (Wildman–Crippen MR) is 112 cm³/mol. The monoisotopic (exact) mass is 387 g/mol. The van der Waals surface area contributed by atoms with Gasteiger partial charge >= 0.3 is 0 Å². The number of nitrogens with one attached hydrogen (secondary N) is 2. The smallest absolute Gasteiger partial charge is 0.195 e. The van der Waals surface area contributed by atoms with Crippen LogP contribution in [0.5, 0.6) is 17.2 Å². The molecule has 0 aliphatic carbocycles. The van der Waals surface area contributed by atoms with Crippen LogP contribution in [0.15, 0.2) is 47.5 Å². The van der Waals surface area contributed by atoms with Gasteiger partial charge in [-0.2, -0.15) is 0 Å². The summed E-state index contributed by atoms with van der Waals surface area (Å²) in [5.41, 5.74) is 1.59. The molecule has 0 saturated heterocycles. The van der Waals surface area contributed by atoms with E-state index >= 15 is 0 Å². The van der Waals surface area contributed by atoms with Gasteiger partial charge in [-0.05, 0) is 43.7 Å².